The van der Waals surface area contributed by atoms with Gasteiger partial charge in [-0.15, -0.1) is 0 Å². The van der Waals surface area contributed by atoms with Gasteiger partial charge in [-0.2, -0.15) is 0 Å². The molecule has 0 N–H and O–H groups in total. The van der Waals surface area contributed by atoms with Crippen molar-refractivity contribution in [2.75, 3.05) is 6.26 Å². The Morgan fingerprint density at radius 2 is 2.00 bits per heavy atom. The predicted molar refractivity (Wildman–Crippen MR) is 81.8 cm³/mol. The molecule has 0 aliphatic carbocycles. The first-order valence-corrected chi connectivity index (χ1v) is 7.54. The number of aryl methyl sites for hydroxylation is 1. The first-order valence-electron chi connectivity index (χ1n) is 6.32. The second-order valence-electron chi connectivity index (χ2n) is 4.62. The van der Waals surface area contributed by atoms with Gasteiger partial charge in [0.2, 0.25) is 0 Å². The number of imidazole rings is 1. The lowest BCUT2D eigenvalue weighted by Gasteiger charge is -2.12. The van der Waals surface area contributed by atoms with Crippen molar-refractivity contribution >= 4 is 22.5 Å². The van der Waals surface area contributed by atoms with Crippen molar-refractivity contribution in [3.8, 4) is 0 Å². The van der Waals surface area contributed by atoms with E-state index in [4.69, 9.17) is 0 Å². The molecule has 0 aliphatic heterocycles. The minimum absolute atomic E-state index is 0.878. The minimum atomic E-state index is 0.878. The maximum atomic E-state index is 4.37. The third kappa shape index (κ3) is 2.26. The van der Waals surface area contributed by atoms with Gasteiger partial charge in [-0.3, -0.25) is 0 Å². The lowest BCUT2D eigenvalue weighted by molar-refractivity contribution is 0.710. The molecular formula is C16H16N2S. The Bertz CT molecular complexity index is 716. The zero-order valence-corrected chi connectivity index (χ0v) is 11.9. The molecule has 0 aliphatic rings. The maximum absolute atomic E-state index is 4.37. The van der Waals surface area contributed by atoms with Gasteiger partial charge in [0.05, 0.1) is 6.54 Å². The van der Waals surface area contributed by atoms with E-state index in [0.717, 1.165) is 11.7 Å². The fourth-order valence-electron chi connectivity index (χ4n) is 2.43. The Labute approximate surface area is 117 Å². The van der Waals surface area contributed by atoms with Crippen LogP contribution in [-0.4, -0.2) is 15.8 Å². The quantitative estimate of drug-likeness (QED) is 0.665. The zero-order valence-electron chi connectivity index (χ0n) is 11.1. The number of nitrogens with zero attached hydrogens (tertiary/aromatic N) is 2. The standard InChI is InChI=1S/C16H16N2S/c1-12-7-8-13-5-3-4-6-14(13)15(12)11-18-10-9-17-16(18)19-2/h3-10H,11H2,1-2H3. The average molecular weight is 268 g/mol. The van der Waals surface area contributed by atoms with Crippen LogP contribution in [0.5, 0.6) is 0 Å². The molecule has 0 spiro atoms. The molecule has 2 nitrogen and oxygen atoms in total. The molecule has 3 aromatic rings. The number of benzene rings is 2. The van der Waals surface area contributed by atoms with E-state index in [-0.39, 0.29) is 0 Å². The van der Waals surface area contributed by atoms with Crippen molar-refractivity contribution in [3.05, 3.63) is 59.9 Å². The molecule has 0 radical (unpaired) electrons. The molecule has 3 heteroatoms. The molecule has 1 aromatic heterocycles. The molecule has 0 saturated carbocycles. The minimum Gasteiger partial charge on any atom is -0.322 e. The number of aromatic nitrogens is 2. The van der Waals surface area contributed by atoms with E-state index in [2.05, 4.69) is 59.1 Å². The highest BCUT2D eigenvalue weighted by Gasteiger charge is 2.07. The van der Waals surface area contributed by atoms with Crippen molar-refractivity contribution in [1.82, 2.24) is 9.55 Å². The monoisotopic (exact) mass is 268 g/mol. The summed E-state index contributed by atoms with van der Waals surface area (Å²) in [6.07, 6.45) is 5.98. The smallest absolute Gasteiger partial charge is 0.167 e. The van der Waals surface area contributed by atoms with E-state index in [1.807, 2.05) is 12.4 Å². The normalized spacial score (nSPS) is 11.1. The van der Waals surface area contributed by atoms with Crippen molar-refractivity contribution in [1.29, 1.82) is 0 Å². The van der Waals surface area contributed by atoms with Gasteiger partial charge in [-0.25, -0.2) is 4.98 Å². The fourth-order valence-corrected chi connectivity index (χ4v) is 2.96. The Morgan fingerprint density at radius 1 is 1.16 bits per heavy atom. The summed E-state index contributed by atoms with van der Waals surface area (Å²) in [7, 11) is 0. The van der Waals surface area contributed by atoms with Crippen LogP contribution in [0.3, 0.4) is 0 Å². The first-order chi connectivity index (χ1) is 9.29. The van der Waals surface area contributed by atoms with Crippen LogP contribution in [0.1, 0.15) is 11.1 Å². The first kappa shape index (κ1) is 12.3. The Hall–Kier alpha value is -1.74. The zero-order chi connectivity index (χ0) is 13.2. The van der Waals surface area contributed by atoms with Crippen LogP contribution < -0.4 is 0 Å². The number of thioether (sulfide) groups is 1. The molecular weight excluding hydrogens is 252 g/mol. The van der Waals surface area contributed by atoms with Gasteiger partial charge in [0, 0.05) is 12.4 Å². The topological polar surface area (TPSA) is 17.8 Å². The number of rotatable bonds is 3. The molecule has 0 saturated heterocycles. The summed E-state index contributed by atoms with van der Waals surface area (Å²) in [5.74, 6) is 0. The van der Waals surface area contributed by atoms with E-state index in [1.165, 1.54) is 21.9 Å². The van der Waals surface area contributed by atoms with Crippen LogP contribution in [0.4, 0.5) is 0 Å². The van der Waals surface area contributed by atoms with Crippen molar-refractivity contribution in [3.63, 3.8) is 0 Å². The van der Waals surface area contributed by atoms with E-state index in [1.54, 1.807) is 11.8 Å². The van der Waals surface area contributed by atoms with Crippen LogP contribution in [0.2, 0.25) is 0 Å². The largest absolute Gasteiger partial charge is 0.322 e. The summed E-state index contributed by atoms with van der Waals surface area (Å²) < 4.78 is 2.21. The van der Waals surface area contributed by atoms with Crippen LogP contribution in [0, 0.1) is 6.92 Å². The van der Waals surface area contributed by atoms with Gasteiger partial charge in [-0.1, -0.05) is 48.2 Å². The molecule has 19 heavy (non-hydrogen) atoms. The number of hydrogen-bond donors (Lipinski definition) is 0. The summed E-state index contributed by atoms with van der Waals surface area (Å²) in [6, 6.07) is 13.0. The van der Waals surface area contributed by atoms with E-state index in [9.17, 15) is 0 Å². The molecule has 0 fully saturated rings. The summed E-state index contributed by atoms with van der Waals surface area (Å²) in [5, 5.41) is 3.70. The molecule has 0 unspecified atom stereocenters. The fraction of sp³-hybridized carbons (Fsp3) is 0.188. The Kier molecular flexibility index (Phi) is 3.30. The van der Waals surface area contributed by atoms with Gasteiger partial charge in [0.25, 0.3) is 0 Å². The van der Waals surface area contributed by atoms with Crippen LogP contribution in [0.15, 0.2) is 53.9 Å². The molecule has 3 rings (SSSR count). The number of hydrogen-bond acceptors (Lipinski definition) is 2. The number of fused-ring (bicyclic) bond motifs is 1. The van der Waals surface area contributed by atoms with Crippen LogP contribution in [0.25, 0.3) is 10.8 Å². The second-order valence-corrected chi connectivity index (χ2v) is 5.40. The molecule has 1 heterocycles. The molecule has 0 atom stereocenters. The molecule has 0 amide bonds. The SMILES string of the molecule is CSc1nccn1Cc1c(C)ccc2ccccc12. The maximum Gasteiger partial charge on any atom is 0.167 e. The third-order valence-corrected chi connectivity index (χ3v) is 4.17. The van der Waals surface area contributed by atoms with E-state index >= 15 is 0 Å². The summed E-state index contributed by atoms with van der Waals surface area (Å²) in [6.45, 7) is 3.06. The van der Waals surface area contributed by atoms with Gasteiger partial charge < -0.3 is 4.57 Å². The van der Waals surface area contributed by atoms with Crippen LogP contribution >= 0.6 is 11.8 Å². The predicted octanol–water partition coefficient (Wildman–Crippen LogP) is 4.11. The van der Waals surface area contributed by atoms with Crippen LogP contribution in [-0.2, 0) is 6.54 Å². The van der Waals surface area contributed by atoms with Crippen molar-refractivity contribution in [2.45, 2.75) is 18.6 Å². The van der Waals surface area contributed by atoms with E-state index in [0.29, 0.717) is 0 Å². The highest BCUT2D eigenvalue weighted by atomic mass is 32.2. The molecule has 2 aromatic carbocycles. The lowest BCUT2D eigenvalue weighted by Crippen LogP contribution is -2.02. The third-order valence-electron chi connectivity index (χ3n) is 3.46. The summed E-state index contributed by atoms with van der Waals surface area (Å²) in [5.41, 5.74) is 2.71. The van der Waals surface area contributed by atoms with Gasteiger partial charge in [0.15, 0.2) is 5.16 Å². The summed E-state index contributed by atoms with van der Waals surface area (Å²) in [4.78, 5) is 4.37. The Balaban J connectivity index is 2.12. The highest BCUT2D eigenvalue weighted by Crippen LogP contribution is 2.24. The van der Waals surface area contributed by atoms with Gasteiger partial charge >= 0.3 is 0 Å². The molecule has 96 valence electrons. The summed E-state index contributed by atoms with van der Waals surface area (Å²) >= 11 is 1.68. The van der Waals surface area contributed by atoms with Crippen molar-refractivity contribution < 1.29 is 0 Å². The van der Waals surface area contributed by atoms with Gasteiger partial charge in [0.1, 0.15) is 0 Å². The Morgan fingerprint density at radius 3 is 2.84 bits per heavy atom. The average Bonchev–Trinajstić information content (AvgIpc) is 2.89. The second kappa shape index (κ2) is 5.10. The lowest BCUT2D eigenvalue weighted by atomic mass is 10.00. The van der Waals surface area contributed by atoms with Crippen molar-refractivity contribution in [2.24, 2.45) is 0 Å². The van der Waals surface area contributed by atoms with Gasteiger partial charge in [-0.05, 0) is 35.1 Å². The van der Waals surface area contributed by atoms with E-state index < -0.39 is 0 Å². The highest BCUT2D eigenvalue weighted by molar-refractivity contribution is 7.98. The molecule has 0 bridgehead atoms.